The third-order valence-electron chi connectivity index (χ3n) is 4.95. The molecule has 2 atom stereocenters. The lowest BCUT2D eigenvalue weighted by molar-refractivity contribution is -0.138. The van der Waals surface area contributed by atoms with Crippen LogP contribution >= 0.6 is 0 Å². The normalized spacial score (nSPS) is 23.7. The largest absolute Gasteiger partial charge is 0.497 e. The first-order valence-electron chi connectivity index (χ1n) is 7.86. The van der Waals surface area contributed by atoms with Crippen molar-refractivity contribution in [2.24, 2.45) is 11.8 Å². The van der Waals surface area contributed by atoms with Gasteiger partial charge in [-0.2, -0.15) is 0 Å². The van der Waals surface area contributed by atoms with Gasteiger partial charge >= 0.3 is 0 Å². The smallest absolute Gasteiger partial charge is 0.226 e. The molecule has 1 aromatic carbocycles. The molecule has 0 spiro atoms. The quantitative estimate of drug-likeness (QED) is 0.923. The molecule has 2 unspecified atom stereocenters. The van der Waals surface area contributed by atoms with Gasteiger partial charge in [-0.3, -0.25) is 4.79 Å². The fourth-order valence-electron chi connectivity index (χ4n) is 3.33. The van der Waals surface area contributed by atoms with Crippen molar-refractivity contribution in [1.82, 2.24) is 10.2 Å². The van der Waals surface area contributed by atoms with Crippen LogP contribution in [0.2, 0.25) is 0 Å². The van der Waals surface area contributed by atoms with Crippen molar-refractivity contribution >= 4 is 5.91 Å². The number of amides is 1. The van der Waals surface area contributed by atoms with Gasteiger partial charge in [0.05, 0.1) is 13.2 Å². The third kappa shape index (κ3) is 2.77. The zero-order valence-corrected chi connectivity index (χ0v) is 12.8. The first kappa shape index (κ1) is 14.4. The van der Waals surface area contributed by atoms with E-state index in [-0.39, 0.29) is 12.0 Å². The van der Waals surface area contributed by atoms with Gasteiger partial charge in [-0.05, 0) is 49.5 Å². The van der Waals surface area contributed by atoms with Crippen molar-refractivity contribution in [2.75, 3.05) is 26.7 Å². The summed E-state index contributed by atoms with van der Waals surface area (Å²) in [5.41, 5.74) is 1.22. The second-order valence-corrected chi connectivity index (χ2v) is 6.17. The van der Waals surface area contributed by atoms with Crippen molar-refractivity contribution in [3.05, 3.63) is 29.8 Å². The second kappa shape index (κ2) is 6.06. The number of benzene rings is 1. The summed E-state index contributed by atoms with van der Waals surface area (Å²) in [5.74, 6) is 1.82. The number of ether oxygens (including phenoxy) is 1. The van der Waals surface area contributed by atoms with E-state index in [0.29, 0.717) is 11.8 Å². The Morgan fingerprint density at radius 1 is 1.33 bits per heavy atom. The molecule has 0 saturated carbocycles. The Balaban J connectivity index is 1.73. The molecule has 2 aliphatic rings. The SMILES string of the molecule is COc1ccc(C2CCCN2C(=O)C(C)C2CNC2)cc1. The first-order valence-corrected chi connectivity index (χ1v) is 7.86. The van der Waals surface area contributed by atoms with Crippen LogP contribution in [0.5, 0.6) is 5.75 Å². The maximum absolute atomic E-state index is 12.8. The maximum Gasteiger partial charge on any atom is 0.226 e. The topological polar surface area (TPSA) is 41.6 Å². The molecular weight excluding hydrogens is 264 g/mol. The zero-order valence-electron chi connectivity index (χ0n) is 12.8. The summed E-state index contributed by atoms with van der Waals surface area (Å²) in [6.45, 7) is 4.93. The highest BCUT2D eigenvalue weighted by Crippen LogP contribution is 2.35. The average molecular weight is 288 g/mol. The number of rotatable bonds is 4. The molecule has 2 fully saturated rings. The van der Waals surface area contributed by atoms with Gasteiger partial charge < -0.3 is 15.0 Å². The van der Waals surface area contributed by atoms with Crippen LogP contribution in [0.25, 0.3) is 0 Å². The highest BCUT2D eigenvalue weighted by atomic mass is 16.5. The number of nitrogens with zero attached hydrogens (tertiary/aromatic N) is 1. The van der Waals surface area contributed by atoms with Crippen LogP contribution in [0, 0.1) is 11.8 Å². The first-order chi connectivity index (χ1) is 10.2. The molecule has 3 rings (SSSR count). The van der Waals surface area contributed by atoms with E-state index in [2.05, 4.69) is 29.3 Å². The van der Waals surface area contributed by atoms with Gasteiger partial charge in [0.2, 0.25) is 5.91 Å². The van der Waals surface area contributed by atoms with Crippen LogP contribution in [0.4, 0.5) is 0 Å². The van der Waals surface area contributed by atoms with Crippen LogP contribution in [0.3, 0.4) is 0 Å². The Morgan fingerprint density at radius 2 is 2.05 bits per heavy atom. The fourth-order valence-corrected chi connectivity index (χ4v) is 3.33. The van der Waals surface area contributed by atoms with Crippen molar-refractivity contribution in [3.63, 3.8) is 0 Å². The highest BCUT2D eigenvalue weighted by molar-refractivity contribution is 5.79. The van der Waals surface area contributed by atoms with Gasteiger partial charge in [0.1, 0.15) is 5.75 Å². The van der Waals surface area contributed by atoms with E-state index in [1.54, 1.807) is 7.11 Å². The molecule has 2 aliphatic heterocycles. The van der Waals surface area contributed by atoms with Gasteiger partial charge in [-0.1, -0.05) is 19.1 Å². The molecule has 2 heterocycles. The molecule has 0 aliphatic carbocycles. The Labute approximate surface area is 126 Å². The molecule has 0 radical (unpaired) electrons. The monoisotopic (exact) mass is 288 g/mol. The summed E-state index contributed by atoms with van der Waals surface area (Å²) in [6.07, 6.45) is 2.16. The predicted octanol–water partition coefficient (Wildman–Crippen LogP) is 2.21. The Morgan fingerprint density at radius 3 is 2.62 bits per heavy atom. The molecular formula is C17H24N2O2. The molecule has 1 amide bonds. The molecule has 1 aromatic rings. The van der Waals surface area contributed by atoms with Crippen molar-refractivity contribution in [2.45, 2.75) is 25.8 Å². The highest BCUT2D eigenvalue weighted by Gasteiger charge is 2.36. The summed E-state index contributed by atoms with van der Waals surface area (Å²) in [7, 11) is 1.68. The minimum absolute atomic E-state index is 0.130. The van der Waals surface area contributed by atoms with Crippen LogP contribution < -0.4 is 10.1 Å². The van der Waals surface area contributed by atoms with Crippen LogP contribution in [-0.4, -0.2) is 37.6 Å². The van der Waals surface area contributed by atoms with Crippen molar-refractivity contribution in [1.29, 1.82) is 0 Å². The van der Waals surface area contributed by atoms with E-state index < -0.39 is 0 Å². The minimum atomic E-state index is 0.130. The lowest BCUT2D eigenvalue weighted by Gasteiger charge is -2.35. The van der Waals surface area contributed by atoms with Crippen molar-refractivity contribution in [3.8, 4) is 5.75 Å². The number of carbonyl (C=O) groups is 1. The standard InChI is InChI=1S/C17H24N2O2/c1-12(14-10-18-11-14)17(20)19-9-3-4-16(19)13-5-7-15(21-2)8-6-13/h5-8,12,14,16,18H,3-4,9-11H2,1-2H3. The number of nitrogens with one attached hydrogen (secondary N) is 1. The maximum atomic E-state index is 12.8. The number of hydrogen-bond donors (Lipinski definition) is 1. The van der Waals surface area contributed by atoms with Crippen molar-refractivity contribution < 1.29 is 9.53 Å². The zero-order chi connectivity index (χ0) is 14.8. The van der Waals surface area contributed by atoms with Gasteiger partial charge in [0.15, 0.2) is 0 Å². The van der Waals surface area contributed by atoms with E-state index in [0.717, 1.165) is 38.2 Å². The van der Waals surface area contributed by atoms with E-state index >= 15 is 0 Å². The number of methoxy groups -OCH3 is 1. The van der Waals surface area contributed by atoms with Crippen LogP contribution in [0.1, 0.15) is 31.4 Å². The number of carbonyl (C=O) groups excluding carboxylic acids is 1. The predicted molar refractivity (Wildman–Crippen MR) is 82.2 cm³/mol. The molecule has 2 saturated heterocycles. The van der Waals surface area contributed by atoms with E-state index in [4.69, 9.17) is 4.74 Å². The third-order valence-corrected chi connectivity index (χ3v) is 4.95. The van der Waals surface area contributed by atoms with Gasteiger partial charge in [0, 0.05) is 12.5 Å². The van der Waals surface area contributed by atoms with Gasteiger partial charge in [-0.15, -0.1) is 0 Å². The van der Waals surface area contributed by atoms with Gasteiger partial charge in [-0.25, -0.2) is 0 Å². The van der Waals surface area contributed by atoms with Crippen LogP contribution in [0.15, 0.2) is 24.3 Å². The fraction of sp³-hybridized carbons (Fsp3) is 0.588. The lowest BCUT2D eigenvalue weighted by atomic mass is 9.87. The Bertz CT molecular complexity index is 496. The number of hydrogen-bond acceptors (Lipinski definition) is 3. The second-order valence-electron chi connectivity index (χ2n) is 6.17. The summed E-state index contributed by atoms with van der Waals surface area (Å²) in [5, 5.41) is 3.26. The molecule has 0 bridgehead atoms. The Hall–Kier alpha value is -1.55. The van der Waals surface area contributed by atoms with E-state index in [9.17, 15) is 4.79 Å². The van der Waals surface area contributed by atoms with Crippen LogP contribution in [-0.2, 0) is 4.79 Å². The average Bonchev–Trinajstić information content (AvgIpc) is 2.94. The Kier molecular flexibility index (Phi) is 4.15. The van der Waals surface area contributed by atoms with E-state index in [1.165, 1.54) is 5.56 Å². The minimum Gasteiger partial charge on any atom is -0.497 e. The lowest BCUT2D eigenvalue weighted by Crippen LogP contribution is -2.50. The molecule has 4 nitrogen and oxygen atoms in total. The van der Waals surface area contributed by atoms with Gasteiger partial charge in [0.25, 0.3) is 0 Å². The summed E-state index contributed by atoms with van der Waals surface area (Å²) in [6, 6.07) is 8.37. The summed E-state index contributed by atoms with van der Waals surface area (Å²) < 4.78 is 5.21. The van der Waals surface area contributed by atoms with E-state index in [1.807, 2.05) is 12.1 Å². The molecule has 21 heavy (non-hydrogen) atoms. The molecule has 0 aromatic heterocycles. The molecule has 1 N–H and O–H groups in total. The summed E-state index contributed by atoms with van der Waals surface area (Å²) >= 11 is 0. The summed E-state index contributed by atoms with van der Waals surface area (Å²) in [4.78, 5) is 14.8. The molecule has 4 heteroatoms. The molecule has 114 valence electrons. The number of likely N-dealkylation sites (tertiary alicyclic amines) is 1.